The van der Waals surface area contributed by atoms with Crippen molar-refractivity contribution in [3.63, 3.8) is 0 Å². The molecule has 1 fully saturated rings. The molecule has 4 heterocycles. The van der Waals surface area contributed by atoms with Crippen molar-refractivity contribution in [3.8, 4) is 0 Å². The Kier molecular flexibility index (Phi) is 5.16. The molecule has 28 heavy (non-hydrogen) atoms. The number of halogens is 2. The number of morpholine rings is 1. The molecule has 1 amide bonds. The molecule has 0 aliphatic carbocycles. The molecule has 0 saturated carbocycles. The highest BCUT2D eigenvalue weighted by atomic mass is 19.3. The number of carbonyl (C=O) groups excluding carboxylic acids is 1. The maximum Gasteiger partial charge on any atom is 0.282 e. The van der Waals surface area contributed by atoms with Crippen LogP contribution < -0.4 is 10.2 Å². The van der Waals surface area contributed by atoms with Gasteiger partial charge < -0.3 is 15.0 Å². The predicted molar refractivity (Wildman–Crippen MR) is 98.6 cm³/mol. The zero-order chi connectivity index (χ0) is 19.5. The van der Waals surface area contributed by atoms with Crippen LogP contribution in [0.5, 0.6) is 0 Å². The number of fused-ring (bicyclic) bond motifs is 1. The molecule has 3 aromatic heterocycles. The number of amides is 1. The van der Waals surface area contributed by atoms with Crippen molar-refractivity contribution >= 4 is 17.4 Å². The van der Waals surface area contributed by atoms with E-state index in [0.29, 0.717) is 24.6 Å². The van der Waals surface area contributed by atoms with Gasteiger partial charge in [-0.05, 0) is 24.3 Å². The second kappa shape index (κ2) is 7.89. The van der Waals surface area contributed by atoms with Crippen LogP contribution in [-0.4, -0.2) is 46.6 Å². The van der Waals surface area contributed by atoms with Gasteiger partial charge in [0.1, 0.15) is 22.9 Å². The summed E-state index contributed by atoms with van der Waals surface area (Å²) in [6, 6.07) is 10.5. The van der Waals surface area contributed by atoms with Crippen LogP contribution in [0.25, 0.3) is 5.65 Å². The zero-order valence-electron chi connectivity index (χ0n) is 15.0. The third kappa shape index (κ3) is 3.65. The summed E-state index contributed by atoms with van der Waals surface area (Å²) >= 11 is 0. The van der Waals surface area contributed by atoms with Crippen LogP contribution in [0.3, 0.4) is 0 Å². The number of anilines is 1. The number of pyridine rings is 2. The first kappa shape index (κ1) is 18.3. The predicted octanol–water partition coefficient (Wildman–Crippen LogP) is 2.43. The smallest absolute Gasteiger partial charge is 0.282 e. The van der Waals surface area contributed by atoms with E-state index in [4.69, 9.17) is 4.74 Å². The summed E-state index contributed by atoms with van der Waals surface area (Å²) in [5.74, 6) is 0.186. The molecule has 1 aliphatic rings. The average molecular weight is 387 g/mol. The molecule has 4 rings (SSSR count). The van der Waals surface area contributed by atoms with E-state index < -0.39 is 18.0 Å². The Bertz CT molecular complexity index is 985. The van der Waals surface area contributed by atoms with Crippen molar-refractivity contribution in [1.29, 1.82) is 0 Å². The molecule has 0 bridgehead atoms. The Hall–Kier alpha value is -3.07. The standard InChI is InChI=1S/C19H19F2N5O2/c20-18(21)16-17(26-7-2-1-5-15(26)24-16)19(27)22-12-13-4-3-6-14(23-13)25-8-10-28-11-9-25/h1-7,18H,8-12H2,(H,22,27). The quantitative estimate of drug-likeness (QED) is 0.728. The van der Waals surface area contributed by atoms with Gasteiger partial charge in [0.05, 0.1) is 25.5 Å². The van der Waals surface area contributed by atoms with E-state index in [2.05, 4.69) is 20.2 Å². The van der Waals surface area contributed by atoms with Crippen LogP contribution in [0.1, 0.15) is 28.3 Å². The molecule has 7 nitrogen and oxygen atoms in total. The fraction of sp³-hybridized carbons (Fsp3) is 0.316. The molecule has 1 N–H and O–H groups in total. The lowest BCUT2D eigenvalue weighted by Gasteiger charge is -2.28. The van der Waals surface area contributed by atoms with Gasteiger partial charge in [0.15, 0.2) is 0 Å². The molecule has 0 unspecified atom stereocenters. The van der Waals surface area contributed by atoms with E-state index in [0.717, 1.165) is 18.9 Å². The Morgan fingerprint density at radius 2 is 1.96 bits per heavy atom. The number of hydrogen-bond donors (Lipinski definition) is 1. The van der Waals surface area contributed by atoms with Gasteiger partial charge >= 0.3 is 0 Å². The first-order chi connectivity index (χ1) is 13.6. The van der Waals surface area contributed by atoms with Crippen LogP contribution in [0.4, 0.5) is 14.6 Å². The number of nitrogens with zero attached hydrogens (tertiary/aromatic N) is 4. The monoisotopic (exact) mass is 387 g/mol. The van der Waals surface area contributed by atoms with Gasteiger partial charge in [0, 0.05) is 19.3 Å². The first-order valence-corrected chi connectivity index (χ1v) is 8.95. The zero-order valence-corrected chi connectivity index (χ0v) is 15.0. The number of rotatable bonds is 5. The van der Waals surface area contributed by atoms with Crippen molar-refractivity contribution < 1.29 is 18.3 Å². The fourth-order valence-corrected chi connectivity index (χ4v) is 3.18. The summed E-state index contributed by atoms with van der Waals surface area (Å²) in [6.45, 7) is 2.92. The maximum absolute atomic E-state index is 13.4. The summed E-state index contributed by atoms with van der Waals surface area (Å²) in [5, 5.41) is 2.68. The molecule has 0 radical (unpaired) electrons. The molecule has 0 atom stereocenters. The average Bonchev–Trinajstić information content (AvgIpc) is 3.13. The normalized spacial score (nSPS) is 14.6. The Morgan fingerprint density at radius 1 is 1.14 bits per heavy atom. The van der Waals surface area contributed by atoms with Gasteiger partial charge in [-0.25, -0.2) is 18.7 Å². The first-order valence-electron chi connectivity index (χ1n) is 8.95. The fourth-order valence-electron chi connectivity index (χ4n) is 3.18. The number of ether oxygens (including phenoxy) is 1. The lowest BCUT2D eigenvalue weighted by Crippen LogP contribution is -2.37. The minimum atomic E-state index is -2.84. The van der Waals surface area contributed by atoms with Crippen molar-refractivity contribution in [2.45, 2.75) is 13.0 Å². The highest BCUT2D eigenvalue weighted by Gasteiger charge is 2.25. The van der Waals surface area contributed by atoms with Crippen molar-refractivity contribution in [3.05, 3.63) is 59.7 Å². The molecule has 1 saturated heterocycles. The van der Waals surface area contributed by atoms with Crippen LogP contribution in [0.2, 0.25) is 0 Å². The molecule has 9 heteroatoms. The largest absolute Gasteiger partial charge is 0.378 e. The van der Waals surface area contributed by atoms with Gasteiger partial charge in [-0.3, -0.25) is 9.20 Å². The molecule has 0 spiro atoms. The molecule has 3 aromatic rings. The Balaban J connectivity index is 1.52. The molecular weight excluding hydrogens is 368 g/mol. The van der Waals surface area contributed by atoms with E-state index in [-0.39, 0.29) is 12.2 Å². The minimum Gasteiger partial charge on any atom is -0.378 e. The SMILES string of the molecule is O=C(NCc1cccc(N2CCOCC2)n1)c1c(C(F)F)nc2ccccn12. The van der Waals surface area contributed by atoms with Crippen LogP contribution in [-0.2, 0) is 11.3 Å². The third-order valence-electron chi connectivity index (χ3n) is 4.54. The number of aromatic nitrogens is 3. The highest BCUT2D eigenvalue weighted by molar-refractivity contribution is 5.94. The maximum atomic E-state index is 13.4. The van der Waals surface area contributed by atoms with E-state index in [1.807, 2.05) is 12.1 Å². The lowest BCUT2D eigenvalue weighted by molar-refractivity contribution is 0.0928. The number of hydrogen-bond acceptors (Lipinski definition) is 5. The number of imidazole rings is 1. The van der Waals surface area contributed by atoms with Crippen molar-refractivity contribution in [2.75, 3.05) is 31.2 Å². The topological polar surface area (TPSA) is 71.8 Å². The van der Waals surface area contributed by atoms with Crippen molar-refractivity contribution in [1.82, 2.24) is 19.7 Å². The lowest BCUT2D eigenvalue weighted by atomic mass is 10.3. The second-order valence-electron chi connectivity index (χ2n) is 6.34. The molecule has 1 aliphatic heterocycles. The van der Waals surface area contributed by atoms with Gasteiger partial charge in [-0.1, -0.05) is 12.1 Å². The summed E-state index contributed by atoms with van der Waals surface area (Å²) in [6.07, 6.45) is -1.30. The van der Waals surface area contributed by atoms with Crippen molar-refractivity contribution in [2.24, 2.45) is 0 Å². The second-order valence-corrected chi connectivity index (χ2v) is 6.34. The summed E-state index contributed by atoms with van der Waals surface area (Å²) in [7, 11) is 0. The molecular formula is C19H19F2N5O2. The number of alkyl halides is 2. The van der Waals surface area contributed by atoms with Gasteiger partial charge in [-0.2, -0.15) is 0 Å². The molecule has 0 aromatic carbocycles. The minimum absolute atomic E-state index is 0.125. The Morgan fingerprint density at radius 3 is 2.75 bits per heavy atom. The number of carbonyl (C=O) groups is 1. The summed E-state index contributed by atoms with van der Waals surface area (Å²) in [5.41, 5.74) is 0.258. The molecule has 146 valence electrons. The van der Waals surface area contributed by atoms with E-state index in [9.17, 15) is 13.6 Å². The van der Waals surface area contributed by atoms with Crippen LogP contribution in [0.15, 0.2) is 42.6 Å². The van der Waals surface area contributed by atoms with Crippen LogP contribution in [0, 0.1) is 0 Å². The summed E-state index contributed by atoms with van der Waals surface area (Å²) in [4.78, 5) is 23.2. The van der Waals surface area contributed by atoms with E-state index in [1.54, 1.807) is 30.5 Å². The van der Waals surface area contributed by atoms with E-state index in [1.165, 1.54) is 4.40 Å². The summed E-state index contributed by atoms with van der Waals surface area (Å²) < 4.78 is 33.4. The Labute approximate surface area is 160 Å². The third-order valence-corrected chi connectivity index (χ3v) is 4.54. The van der Waals surface area contributed by atoms with Crippen LogP contribution >= 0.6 is 0 Å². The van der Waals surface area contributed by atoms with Gasteiger partial charge in [0.2, 0.25) is 0 Å². The van der Waals surface area contributed by atoms with Gasteiger partial charge in [0.25, 0.3) is 12.3 Å². The number of nitrogens with one attached hydrogen (secondary N) is 1. The highest BCUT2D eigenvalue weighted by Crippen LogP contribution is 2.23. The van der Waals surface area contributed by atoms with Gasteiger partial charge in [-0.15, -0.1) is 0 Å². The van der Waals surface area contributed by atoms with E-state index >= 15 is 0 Å².